The number of nitrogens with one attached hydrogen (secondary N) is 2. The molecule has 1 heterocycles. The van der Waals surface area contributed by atoms with Gasteiger partial charge in [0.15, 0.2) is 0 Å². The van der Waals surface area contributed by atoms with Crippen LogP contribution in [0.5, 0.6) is 0 Å². The van der Waals surface area contributed by atoms with Crippen LogP contribution in [0.3, 0.4) is 0 Å². The summed E-state index contributed by atoms with van der Waals surface area (Å²) in [4.78, 5) is 11.1. The maximum atomic E-state index is 12.3. The zero-order valence-electron chi connectivity index (χ0n) is 12.6. The van der Waals surface area contributed by atoms with Crippen molar-refractivity contribution in [3.8, 4) is 0 Å². The minimum absolute atomic E-state index is 0.122. The molecule has 0 saturated heterocycles. The number of benzene rings is 1. The van der Waals surface area contributed by atoms with E-state index >= 15 is 0 Å². The van der Waals surface area contributed by atoms with Crippen molar-refractivity contribution in [3.63, 3.8) is 0 Å². The van der Waals surface area contributed by atoms with E-state index in [2.05, 4.69) is 10.0 Å². The van der Waals surface area contributed by atoms with E-state index in [9.17, 15) is 13.2 Å². The summed E-state index contributed by atoms with van der Waals surface area (Å²) < 4.78 is 32.6. The lowest BCUT2D eigenvalue weighted by Crippen LogP contribution is -2.26. The lowest BCUT2D eigenvalue weighted by atomic mass is 10.3. The van der Waals surface area contributed by atoms with Gasteiger partial charge in [0.25, 0.3) is 0 Å². The Hall–Kier alpha value is -2.12. The molecular weight excluding hydrogens is 304 g/mol. The fraction of sp³-hybridized carbons (Fsp3) is 0.267. The predicted molar refractivity (Wildman–Crippen MR) is 82.9 cm³/mol. The molecular formula is C15H18N2O4S. The van der Waals surface area contributed by atoms with E-state index in [0.29, 0.717) is 11.4 Å². The van der Waals surface area contributed by atoms with Crippen LogP contribution in [0.4, 0.5) is 5.69 Å². The van der Waals surface area contributed by atoms with Crippen molar-refractivity contribution in [2.24, 2.45) is 0 Å². The van der Waals surface area contributed by atoms with E-state index in [0.717, 1.165) is 5.76 Å². The van der Waals surface area contributed by atoms with Crippen molar-refractivity contribution in [2.45, 2.75) is 31.7 Å². The van der Waals surface area contributed by atoms with Crippen LogP contribution >= 0.6 is 0 Å². The first-order valence-corrected chi connectivity index (χ1v) is 8.22. The Kier molecular flexibility index (Phi) is 4.68. The second-order valence-corrected chi connectivity index (χ2v) is 6.71. The molecule has 0 saturated carbocycles. The Balaban J connectivity index is 2.14. The van der Waals surface area contributed by atoms with Crippen molar-refractivity contribution in [3.05, 3.63) is 47.9 Å². The second kappa shape index (κ2) is 6.33. The van der Waals surface area contributed by atoms with Crippen molar-refractivity contribution in [2.75, 3.05) is 5.32 Å². The van der Waals surface area contributed by atoms with Crippen LogP contribution in [-0.2, 0) is 14.8 Å². The molecule has 6 nitrogen and oxygen atoms in total. The summed E-state index contributed by atoms with van der Waals surface area (Å²) in [5.74, 6) is 1.06. The minimum atomic E-state index is -3.67. The number of amides is 1. The first-order chi connectivity index (χ1) is 10.3. The van der Waals surface area contributed by atoms with E-state index in [1.807, 2.05) is 0 Å². The van der Waals surface area contributed by atoms with Crippen LogP contribution in [0.1, 0.15) is 31.4 Å². The molecule has 0 fully saturated rings. The lowest BCUT2D eigenvalue weighted by molar-refractivity contribution is -0.114. The van der Waals surface area contributed by atoms with Gasteiger partial charge in [-0.1, -0.05) is 0 Å². The van der Waals surface area contributed by atoms with Gasteiger partial charge in [-0.3, -0.25) is 4.79 Å². The van der Waals surface area contributed by atoms with Crippen LogP contribution in [0.2, 0.25) is 0 Å². The number of carbonyl (C=O) groups is 1. The highest BCUT2D eigenvalue weighted by atomic mass is 32.2. The fourth-order valence-electron chi connectivity index (χ4n) is 1.97. The van der Waals surface area contributed by atoms with E-state index in [4.69, 9.17) is 4.42 Å². The number of furan rings is 1. The third kappa shape index (κ3) is 3.96. The van der Waals surface area contributed by atoms with Crippen LogP contribution in [0, 0.1) is 6.92 Å². The summed E-state index contributed by atoms with van der Waals surface area (Å²) in [6, 6.07) is 9.00. The number of hydrogen-bond acceptors (Lipinski definition) is 4. The lowest BCUT2D eigenvalue weighted by Gasteiger charge is -2.12. The summed E-state index contributed by atoms with van der Waals surface area (Å²) in [5, 5.41) is 2.58. The highest BCUT2D eigenvalue weighted by Gasteiger charge is 2.20. The van der Waals surface area contributed by atoms with Gasteiger partial charge in [-0.2, -0.15) is 0 Å². The van der Waals surface area contributed by atoms with Crippen LogP contribution in [-0.4, -0.2) is 14.3 Å². The zero-order chi connectivity index (χ0) is 16.3. The molecule has 1 aromatic heterocycles. The van der Waals surface area contributed by atoms with Crippen LogP contribution in [0.15, 0.2) is 45.7 Å². The predicted octanol–water partition coefficient (Wildman–Crippen LogP) is 2.59. The Bertz CT molecular complexity index is 763. The van der Waals surface area contributed by atoms with Crippen LogP contribution < -0.4 is 10.0 Å². The molecule has 2 N–H and O–H groups in total. The van der Waals surface area contributed by atoms with Gasteiger partial charge in [0.05, 0.1) is 10.9 Å². The van der Waals surface area contributed by atoms with E-state index < -0.39 is 16.1 Å². The first kappa shape index (κ1) is 16.3. The monoisotopic (exact) mass is 322 g/mol. The highest BCUT2D eigenvalue weighted by Crippen LogP contribution is 2.20. The van der Waals surface area contributed by atoms with Gasteiger partial charge in [0.1, 0.15) is 11.5 Å². The molecule has 2 rings (SSSR count). The van der Waals surface area contributed by atoms with Gasteiger partial charge in [-0.05, 0) is 50.2 Å². The molecule has 0 aliphatic rings. The Labute approximate surface area is 129 Å². The second-order valence-electron chi connectivity index (χ2n) is 5.00. The number of sulfonamides is 1. The third-order valence-corrected chi connectivity index (χ3v) is 4.56. The molecule has 0 aliphatic heterocycles. The van der Waals surface area contributed by atoms with Crippen molar-refractivity contribution in [1.29, 1.82) is 0 Å². The van der Waals surface area contributed by atoms with Gasteiger partial charge >= 0.3 is 0 Å². The Morgan fingerprint density at radius 2 is 1.77 bits per heavy atom. The maximum absolute atomic E-state index is 12.3. The molecule has 118 valence electrons. The summed E-state index contributed by atoms with van der Waals surface area (Å²) in [6.07, 6.45) is 0. The van der Waals surface area contributed by atoms with E-state index in [1.54, 1.807) is 26.0 Å². The average Bonchev–Trinajstić information content (AvgIpc) is 2.85. The number of carbonyl (C=O) groups excluding carboxylic acids is 1. The minimum Gasteiger partial charge on any atom is -0.465 e. The fourth-order valence-corrected chi connectivity index (χ4v) is 3.18. The summed E-state index contributed by atoms with van der Waals surface area (Å²) in [6.45, 7) is 4.90. The van der Waals surface area contributed by atoms with Crippen LogP contribution in [0.25, 0.3) is 0 Å². The van der Waals surface area contributed by atoms with Gasteiger partial charge < -0.3 is 9.73 Å². The number of aryl methyl sites for hydroxylation is 1. The third-order valence-electron chi connectivity index (χ3n) is 3.00. The molecule has 1 unspecified atom stereocenters. The molecule has 1 atom stereocenters. The Morgan fingerprint density at radius 1 is 1.14 bits per heavy atom. The Morgan fingerprint density at radius 3 is 2.27 bits per heavy atom. The first-order valence-electron chi connectivity index (χ1n) is 6.74. The largest absolute Gasteiger partial charge is 0.465 e. The quantitative estimate of drug-likeness (QED) is 0.885. The standard InChI is InChI=1S/C15H18N2O4S/c1-10-4-9-15(21-10)11(2)17-22(19,20)14-7-5-13(6-8-14)16-12(3)18/h4-9,11,17H,1-3H3,(H,16,18). The molecule has 0 spiro atoms. The van der Waals surface area contributed by atoms with Crippen molar-refractivity contribution >= 4 is 21.6 Å². The molecule has 0 radical (unpaired) electrons. The van der Waals surface area contributed by atoms with E-state index in [1.165, 1.54) is 31.2 Å². The van der Waals surface area contributed by atoms with Gasteiger partial charge in [0.2, 0.25) is 15.9 Å². The molecule has 1 aromatic carbocycles. The van der Waals surface area contributed by atoms with Crippen molar-refractivity contribution < 1.29 is 17.6 Å². The number of anilines is 1. The molecule has 22 heavy (non-hydrogen) atoms. The molecule has 7 heteroatoms. The normalized spacial score (nSPS) is 12.9. The highest BCUT2D eigenvalue weighted by molar-refractivity contribution is 7.89. The summed E-state index contributed by atoms with van der Waals surface area (Å²) >= 11 is 0. The van der Waals surface area contributed by atoms with Gasteiger partial charge in [-0.15, -0.1) is 0 Å². The van der Waals surface area contributed by atoms with Gasteiger partial charge in [0, 0.05) is 12.6 Å². The SMILES string of the molecule is CC(=O)Nc1ccc(S(=O)(=O)NC(C)c2ccc(C)o2)cc1. The summed E-state index contributed by atoms with van der Waals surface area (Å²) in [5.41, 5.74) is 0.543. The molecule has 0 aliphatic carbocycles. The number of hydrogen-bond donors (Lipinski definition) is 2. The topological polar surface area (TPSA) is 88.4 Å². The molecule has 2 aromatic rings. The maximum Gasteiger partial charge on any atom is 0.241 e. The summed E-state index contributed by atoms with van der Waals surface area (Å²) in [7, 11) is -3.67. The van der Waals surface area contributed by atoms with Crippen molar-refractivity contribution in [1.82, 2.24) is 4.72 Å². The molecule has 0 bridgehead atoms. The molecule has 1 amide bonds. The zero-order valence-corrected chi connectivity index (χ0v) is 13.4. The van der Waals surface area contributed by atoms with Gasteiger partial charge in [-0.25, -0.2) is 13.1 Å². The van der Waals surface area contributed by atoms with E-state index in [-0.39, 0.29) is 10.8 Å². The average molecular weight is 322 g/mol. The number of rotatable bonds is 5. The smallest absolute Gasteiger partial charge is 0.241 e.